The highest BCUT2D eigenvalue weighted by Crippen LogP contribution is 2.35. The number of para-hydroxylation sites is 1. The summed E-state index contributed by atoms with van der Waals surface area (Å²) in [6.45, 7) is 0. The lowest BCUT2D eigenvalue weighted by Crippen LogP contribution is -2.02. The molecule has 0 bridgehead atoms. The first-order valence-corrected chi connectivity index (χ1v) is 5.53. The molecule has 8 nitrogen and oxygen atoms in total. The van der Waals surface area contributed by atoms with E-state index in [1.54, 1.807) is 30.3 Å². The number of nitrogens with zero attached hydrogens (tertiary/aromatic N) is 2. The van der Waals surface area contributed by atoms with Crippen LogP contribution in [-0.4, -0.2) is 9.85 Å². The molecule has 0 radical (unpaired) electrons. The standard InChI is InChI=1S/C12H10N4O4/c13-9-6-10(14-8-4-2-1-3-5-8)12(16(19)20)7-11(9)15(17)18/h1-7,14H,13H2. The van der Waals surface area contributed by atoms with Crippen LogP contribution in [-0.2, 0) is 0 Å². The summed E-state index contributed by atoms with van der Waals surface area (Å²) in [6, 6.07) is 10.8. The maximum absolute atomic E-state index is 11.0. The third kappa shape index (κ3) is 2.64. The molecule has 20 heavy (non-hydrogen) atoms. The molecule has 0 unspecified atom stereocenters. The van der Waals surface area contributed by atoms with E-state index in [-0.39, 0.29) is 11.4 Å². The summed E-state index contributed by atoms with van der Waals surface area (Å²) in [5.41, 5.74) is 5.22. The fourth-order valence-electron chi connectivity index (χ4n) is 1.68. The number of nitro benzene ring substituents is 2. The van der Waals surface area contributed by atoms with Crippen molar-refractivity contribution in [3.8, 4) is 0 Å². The van der Waals surface area contributed by atoms with Crippen LogP contribution in [0.3, 0.4) is 0 Å². The summed E-state index contributed by atoms with van der Waals surface area (Å²) >= 11 is 0. The van der Waals surface area contributed by atoms with E-state index in [1.165, 1.54) is 6.07 Å². The lowest BCUT2D eigenvalue weighted by Gasteiger charge is -2.08. The quantitative estimate of drug-likeness (QED) is 0.501. The Bertz CT molecular complexity index is 673. The van der Waals surface area contributed by atoms with Crippen molar-refractivity contribution in [3.05, 3.63) is 62.7 Å². The van der Waals surface area contributed by atoms with Gasteiger partial charge in [-0.2, -0.15) is 0 Å². The zero-order chi connectivity index (χ0) is 14.7. The van der Waals surface area contributed by atoms with Gasteiger partial charge in [-0.3, -0.25) is 20.2 Å². The number of nitrogen functional groups attached to an aromatic ring is 1. The normalized spacial score (nSPS) is 10.0. The smallest absolute Gasteiger partial charge is 0.299 e. The highest BCUT2D eigenvalue weighted by atomic mass is 16.6. The number of hydrogen-bond donors (Lipinski definition) is 2. The van der Waals surface area contributed by atoms with Gasteiger partial charge in [0, 0.05) is 5.69 Å². The molecule has 0 saturated carbocycles. The van der Waals surface area contributed by atoms with E-state index in [0.29, 0.717) is 5.69 Å². The minimum absolute atomic E-state index is 0.101. The van der Waals surface area contributed by atoms with Crippen molar-refractivity contribution in [2.75, 3.05) is 11.1 Å². The number of hydrogen-bond acceptors (Lipinski definition) is 6. The highest BCUT2D eigenvalue weighted by molar-refractivity contribution is 5.78. The first-order chi connectivity index (χ1) is 9.49. The summed E-state index contributed by atoms with van der Waals surface area (Å²) in [4.78, 5) is 20.3. The number of nitro groups is 2. The van der Waals surface area contributed by atoms with E-state index in [9.17, 15) is 20.2 Å². The van der Waals surface area contributed by atoms with Gasteiger partial charge in [0.25, 0.3) is 11.4 Å². The molecule has 3 N–H and O–H groups in total. The average Bonchev–Trinajstić information content (AvgIpc) is 2.39. The molecule has 0 aliphatic carbocycles. The minimum atomic E-state index is -0.755. The van der Waals surface area contributed by atoms with Crippen LogP contribution < -0.4 is 11.1 Å². The van der Waals surface area contributed by atoms with E-state index in [1.807, 2.05) is 0 Å². The van der Waals surface area contributed by atoms with Gasteiger partial charge in [0.1, 0.15) is 11.4 Å². The Balaban J connectivity index is 2.49. The van der Waals surface area contributed by atoms with Crippen LogP contribution in [0.15, 0.2) is 42.5 Å². The van der Waals surface area contributed by atoms with Crippen LogP contribution in [0.25, 0.3) is 0 Å². The second-order valence-electron chi connectivity index (χ2n) is 3.93. The second-order valence-corrected chi connectivity index (χ2v) is 3.93. The first kappa shape index (κ1) is 13.3. The van der Waals surface area contributed by atoms with Gasteiger partial charge in [-0.15, -0.1) is 0 Å². The molecular weight excluding hydrogens is 264 g/mol. The zero-order valence-electron chi connectivity index (χ0n) is 10.1. The number of anilines is 3. The van der Waals surface area contributed by atoms with E-state index in [4.69, 9.17) is 5.73 Å². The minimum Gasteiger partial charge on any atom is -0.393 e. The summed E-state index contributed by atoms with van der Waals surface area (Å²) in [5.74, 6) is 0. The average molecular weight is 274 g/mol. The van der Waals surface area contributed by atoms with Crippen LogP contribution in [0, 0.1) is 20.2 Å². The van der Waals surface area contributed by atoms with Crippen LogP contribution in [0.5, 0.6) is 0 Å². The van der Waals surface area contributed by atoms with Crippen LogP contribution >= 0.6 is 0 Å². The van der Waals surface area contributed by atoms with Gasteiger partial charge in [-0.05, 0) is 18.2 Å². The number of nitrogens with two attached hydrogens (primary N) is 1. The fourth-order valence-corrected chi connectivity index (χ4v) is 1.68. The van der Waals surface area contributed by atoms with Crippen molar-refractivity contribution in [2.45, 2.75) is 0 Å². The number of rotatable bonds is 4. The molecule has 102 valence electrons. The second kappa shape index (κ2) is 5.22. The highest BCUT2D eigenvalue weighted by Gasteiger charge is 2.23. The topological polar surface area (TPSA) is 124 Å². The van der Waals surface area contributed by atoms with E-state index >= 15 is 0 Å². The van der Waals surface area contributed by atoms with Crippen molar-refractivity contribution in [3.63, 3.8) is 0 Å². The zero-order valence-corrected chi connectivity index (χ0v) is 10.1. The molecule has 0 fully saturated rings. The molecule has 0 atom stereocenters. The Kier molecular flexibility index (Phi) is 3.47. The molecule has 2 aromatic rings. The molecule has 0 aliphatic heterocycles. The Morgan fingerprint density at radius 3 is 2.10 bits per heavy atom. The van der Waals surface area contributed by atoms with Crippen LogP contribution in [0.4, 0.5) is 28.4 Å². The van der Waals surface area contributed by atoms with Crippen molar-refractivity contribution in [1.29, 1.82) is 0 Å². The van der Waals surface area contributed by atoms with Crippen molar-refractivity contribution >= 4 is 28.4 Å². The van der Waals surface area contributed by atoms with Gasteiger partial charge >= 0.3 is 0 Å². The third-order valence-electron chi connectivity index (χ3n) is 2.59. The SMILES string of the molecule is Nc1cc(Nc2ccccc2)c([N+](=O)[O-])cc1[N+](=O)[O-]. The molecule has 0 aliphatic rings. The molecule has 0 amide bonds. The lowest BCUT2D eigenvalue weighted by molar-refractivity contribution is -0.393. The third-order valence-corrected chi connectivity index (χ3v) is 2.59. The van der Waals surface area contributed by atoms with Crippen molar-refractivity contribution < 1.29 is 9.85 Å². The Hall–Kier alpha value is -3.16. The van der Waals surface area contributed by atoms with Crippen LogP contribution in [0.1, 0.15) is 0 Å². The van der Waals surface area contributed by atoms with Crippen molar-refractivity contribution in [1.82, 2.24) is 0 Å². The van der Waals surface area contributed by atoms with Gasteiger partial charge in [0.05, 0.1) is 15.9 Å². The molecule has 0 spiro atoms. The molecule has 8 heteroatoms. The molecule has 0 aromatic heterocycles. The van der Waals surface area contributed by atoms with Gasteiger partial charge in [0.2, 0.25) is 0 Å². The van der Waals surface area contributed by atoms with Crippen LogP contribution in [0.2, 0.25) is 0 Å². The van der Waals surface area contributed by atoms with E-state index in [2.05, 4.69) is 5.32 Å². The molecular formula is C12H10N4O4. The van der Waals surface area contributed by atoms with Gasteiger partial charge in [-0.1, -0.05) is 18.2 Å². The molecule has 2 aromatic carbocycles. The molecule has 2 rings (SSSR count). The molecule has 0 heterocycles. The van der Waals surface area contributed by atoms with E-state index < -0.39 is 21.2 Å². The summed E-state index contributed by atoms with van der Waals surface area (Å²) in [7, 11) is 0. The van der Waals surface area contributed by atoms with Gasteiger partial charge in [-0.25, -0.2) is 0 Å². The Morgan fingerprint density at radius 2 is 1.55 bits per heavy atom. The number of benzene rings is 2. The lowest BCUT2D eigenvalue weighted by atomic mass is 10.2. The fraction of sp³-hybridized carbons (Fsp3) is 0. The monoisotopic (exact) mass is 274 g/mol. The van der Waals surface area contributed by atoms with Gasteiger partial charge < -0.3 is 11.1 Å². The Labute approximate surface area is 113 Å². The predicted molar refractivity (Wildman–Crippen MR) is 73.9 cm³/mol. The summed E-state index contributed by atoms with van der Waals surface area (Å²) in [6.07, 6.45) is 0. The molecule has 0 saturated heterocycles. The maximum Gasteiger partial charge on any atom is 0.299 e. The van der Waals surface area contributed by atoms with Gasteiger partial charge in [0.15, 0.2) is 0 Å². The Morgan fingerprint density at radius 1 is 0.950 bits per heavy atom. The van der Waals surface area contributed by atoms with Crippen molar-refractivity contribution in [2.24, 2.45) is 0 Å². The predicted octanol–water partition coefficient (Wildman–Crippen LogP) is 2.83. The summed E-state index contributed by atoms with van der Waals surface area (Å²) < 4.78 is 0. The largest absolute Gasteiger partial charge is 0.393 e. The maximum atomic E-state index is 11.0. The number of nitrogens with one attached hydrogen (secondary N) is 1. The van der Waals surface area contributed by atoms with E-state index in [0.717, 1.165) is 6.07 Å². The first-order valence-electron chi connectivity index (χ1n) is 5.53. The summed E-state index contributed by atoms with van der Waals surface area (Å²) in [5, 5.41) is 24.6.